The Kier molecular flexibility index (Phi) is 4.90. The molecule has 0 spiro atoms. The lowest BCUT2D eigenvalue weighted by atomic mass is 9.71. The first-order valence-electron chi connectivity index (χ1n) is 8.97. The zero-order valence-electron chi connectivity index (χ0n) is 15.4. The Morgan fingerprint density at radius 2 is 1.40 bits per heavy atom. The largest absolute Gasteiger partial charge is 0.0989 e. The molecule has 3 aromatic rings. The van der Waals surface area contributed by atoms with Crippen LogP contribution in [0.5, 0.6) is 0 Å². The number of aryl methyl sites for hydroxylation is 1. The average molecular weight is 326 g/mol. The smallest absolute Gasteiger partial charge is 0.0377 e. The van der Waals surface area contributed by atoms with E-state index in [-0.39, 0.29) is 5.41 Å². The Balaban J connectivity index is 2.12. The number of allylic oxidation sites excluding steroid dienone is 1. The summed E-state index contributed by atoms with van der Waals surface area (Å²) in [5.74, 6) is 0. The highest BCUT2D eigenvalue weighted by Crippen LogP contribution is 2.39. The van der Waals surface area contributed by atoms with Gasteiger partial charge in [-0.05, 0) is 54.2 Å². The van der Waals surface area contributed by atoms with Crippen molar-refractivity contribution in [1.82, 2.24) is 0 Å². The fourth-order valence-electron chi connectivity index (χ4n) is 3.41. The molecule has 0 radical (unpaired) electrons. The molecule has 3 rings (SSSR count). The zero-order valence-corrected chi connectivity index (χ0v) is 15.4. The van der Waals surface area contributed by atoms with Gasteiger partial charge < -0.3 is 0 Å². The molecule has 0 aliphatic carbocycles. The van der Waals surface area contributed by atoms with Crippen LogP contribution in [0.2, 0.25) is 0 Å². The van der Waals surface area contributed by atoms with E-state index in [0.29, 0.717) is 0 Å². The van der Waals surface area contributed by atoms with Crippen LogP contribution in [-0.2, 0) is 11.8 Å². The van der Waals surface area contributed by atoms with E-state index in [2.05, 4.69) is 106 Å². The molecule has 0 amide bonds. The van der Waals surface area contributed by atoms with E-state index in [0.717, 1.165) is 12.0 Å². The summed E-state index contributed by atoms with van der Waals surface area (Å²) in [6.45, 7) is 10.9. The first-order chi connectivity index (χ1) is 12.1. The number of hydrogen-bond acceptors (Lipinski definition) is 0. The van der Waals surface area contributed by atoms with Crippen molar-refractivity contribution < 1.29 is 0 Å². The van der Waals surface area contributed by atoms with Gasteiger partial charge in [0.15, 0.2) is 0 Å². The fourth-order valence-corrected chi connectivity index (χ4v) is 3.41. The number of rotatable bonds is 5. The SMILES string of the molecule is C=C(C)C(C)(c1ccccc1)c1cccc(-c2cccc(CC)c2)c1. The monoisotopic (exact) mass is 326 g/mol. The summed E-state index contributed by atoms with van der Waals surface area (Å²) in [5, 5.41) is 0. The van der Waals surface area contributed by atoms with Crippen LogP contribution in [0.3, 0.4) is 0 Å². The molecule has 0 nitrogen and oxygen atoms in total. The molecule has 0 heterocycles. The summed E-state index contributed by atoms with van der Waals surface area (Å²) in [7, 11) is 0. The van der Waals surface area contributed by atoms with Gasteiger partial charge in [-0.1, -0.05) is 91.9 Å². The van der Waals surface area contributed by atoms with Gasteiger partial charge in [0.25, 0.3) is 0 Å². The van der Waals surface area contributed by atoms with E-state index in [1.165, 1.54) is 27.8 Å². The van der Waals surface area contributed by atoms with Crippen LogP contribution in [0.1, 0.15) is 37.5 Å². The van der Waals surface area contributed by atoms with Gasteiger partial charge >= 0.3 is 0 Å². The molecule has 0 aromatic heterocycles. The quantitative estimate of drug-likeness (QED) is 0.452. The second kappa shape index (κ2) is 7.11. The van der Waals surface area contributed by atoms with Crippen LogP contribution in [-0.4, -0.2) is 0 Å². The van der Waals surface area contributed by atoms with Gasteiger partial charge in [-0.15, -0.1) is 0 Å². The van der Waals surface area contributed by atoms with Crippen molar-refractivity contribution >= 4 is 0 Å². The Labute approximate surface area is 151 Å². The summed E-state index contributed by atoms with van der Waals surface area (Å²) in [6, 6.07) is 28.4. The molecule has 0 heteroatoms. The molecule has 25 heavy (non-hydrogen) atoms. The van der Waals surface area contributed by atoms with Crippen molar-refractivity contribution in [2.24, 2.45) is 0 Å². The minimum atomic E-state index is -0.195. The molecular formula is C25H26. The van der Waals surface area contributed by atoms with Crippen LogP contribution in [0.25, 0.3) is 11.1 Å². The van der Waals surface area contributed by atoms with Gasteiger partial charge in [0.05, 0.1) is 0 Å². The normalized spacial score (nSPS) is 13.2. The van der Waals surface area contributed by atoms with Crippen molar-refractivity contribution in [1.29, 1.82) is 0 Å². The number of benzene rings is 3. The van der Waals surface area contributed by atoms with Crippen LogP contribution in [0, 0.1) is 0 Å². The Bertz CT molecular complexity index is 873. The fraction of sp³-hybridized carbons (Fsp3) is 0.200. The third kappa shape index (κ3) is 3.30. The van der Waals surface area contributed by atoms with Crippen LogP contribution >= 0.6 is 0 Å². The molecule has 3 aromatic carbocycles. The molecule has 0 N–H and O–H groups in total. The zero-order chi connectivity index (χ0) is 17.9. The topological polar surface area (TPSA) is 0 Å². The lowest BCUT2D eigenvalue weighted by Gasteiger charge is -2.32. The first kappa shape index (κ1) is 17.2. The Morgan fingerprint density at radius 3 is 2.04 bits per heavy atom. The van der Waals surface area contributed by atoms with Gasteiger partial charge in [-0.3, -0.25) is 0 Å². The van der Waals surface area contributed by atoms with Crippen molar-refractivity contribution in [2.75, 3.05) is 0 Å². The minimum absolute atomic E-state index is 0.195. The number of hydrogen-bond donors (Lipinski definition) is 0. The molecule has 0 aliphatic heterocycles. The van der Waals surface area contributed by atoms with Crippen molar-refractivity contribution in [3.05, 3.63) is 108 Å². The summed E-state index contributed by atoms with van der Waals surface area (Å²) >= 11 is 0. The third-order valence-corrected chi connectivity index (χ3v) is 5.31. The van der Waals surface area contributed by atoms with Gasteiger partial charge in [0.2, 0.25) is 0 Å². The third-order valence-electron chi connectivity index (χ3n) is 5.31. The molecule has 1 atom stereocenters. The molecular weight excluding hydrogens is 300 g/mol. The summed E-state index contributed by atoms with van der Waals surface area (Å²) < 4.78 is 0. The van der Waals surface area contributed by atoms with Crippen LogP contribution in [0.4, 0.5) is 0 Å². The highest BCUT2D eigenvalue weighted by Gasteiger charge is 2.29. The van der Waals surface area contributed by atoms with Gasteiger partial charge in [0.1, 0.15) is 0 Å². The predicted molar refractivity (Wildman–Crippen MR) is 109 cm³/mol. The maximum Gasteiger partial charge on any atom is 0.0377 e. The van der Waals surface area contributed by atoms with E-state index in [4.69, 9.17) is 0 Å². The standard InChI is InChI=1S/C25H26/c1-5-20-11-9-12-21(17-20)22-13-10-16-24(18-22)25(4,19(2)3)23-14-7-6-8-15-23/h6-18H,2,5H2,1,3-4H3. The molecule has 126 valence electrons. The lowest BCUT2D eigenvalue weighted by molar-refractivity contribution is 0.677. The molecule has 0 fully saturated rings. The van der Waals surface area contributed by atoms with Gasteiger partial charge in [-0.2, -0.15) is 0 Å². The average Bonchev–Trinajstić information content (AvgIpc) is 2.68. The molecule has 1 unspecified atom stereocenters. The van der Waals surface area contributed by atoms with E-state index in [1.807, 2.05) is 0 Å². The summed E-state index contributed by atoms with van der Waals surface area (Å²) in [5.41, 5.74) is 7.42. The van der Waals surface area contributed by atoms with Gasteiger partial charge in [0, 0.05) is 5.41 Å². The maximum atomic E-state index is 4.31. The molecule has 0 bridgehead atoms. The molecule has 0 aliphatic rings. The van der Waals surface area contributed by atoms with Crippen LogP contribution < -0.4 is 0 Å². The second-order valence-corrected chi connectivity index (χ2v) is 6.91. The van der Waals surface area contributed by atoms with E-state index in [9.17, 15) is 0 Å². The van der Waals surface area contributed by atoms with E-state index < -0.39 is 0 Å². The second-order valence-electron chi connectivity index (χ2n) is 6.91. The maximum absolute atomic E-state index is 4.31. The highest BCUT2D eigenvalue weighted by atomic mass is 14.3. The summed E-state index contributed by atoms with van der Waals surface area (Å²) in [4.78, 5) is 0. The van der Waals surface area contributed by atoms with E-state index in [1.54, 1.807) is 0 Å². The van der Waals surface area contributed by atoms with Crippen molar-refractivity contribution in [3.63, 3.8) is 0 Å². The van der Waals surface area contributed by atoms with Crippen molar-refractivity contribution in [2.45, 2.75) is 32.6 Å². The predicted octanol–water partition coefficient (Wildman–Crippen LogP) is 6.80. The summed E-state index contributed by atoms with van der Waals surface area (Å²) in [6.07, 6.45) is 1.06. The molecule has 0 saturated heterocycles. The molecule has 0 saturated carbocycles. The first-order valence-corrected chi connectivity index (χ1v) is 8.97. The van der Waals surface area contributed by atoms with Gasteiger partial charge in [-0.25, -0.2) is 0 Å². The minimum Gasteiger partial charge on any atom is -0.0989 e. The Hall–Kier alpha value is -2.60. The highest BCUT2D eigenvalue weighted by molar-refractivity contribution is 5.66. The van der Waals surface area contributed by atoms with Crippen LogP contribution in [0.15, 0.2) is 91.0 Å². The lowest BCUT2D eigenvalue weighted by Crippen LogP contribution is -2.24. The van der Waals surface area contributed by atoms with E-state index >= 15 is 0 Å². The van der Waals surface area contributed by atoms with Crippen molar-refractivity contribution in [3.8, 4) is 11.1 Å². The Morgan fingerprint density at radius 1 is 0.800 bits per heavy atom.